The van der Waals surface area contributed by atoms with Gasteiger partial charge in [-0.3, -0.25) is 9.58 Å². The van der Waals surface area contributed by atoms with E-state index in [4.69, 9.17) is 5.73 Å². The van der Waals surface area contributed by atoms with Crippen molar-refractivity contribution in [3.8, 4) is 0 Å². The number of unbranched alkanes of at least 4 members (excludes halogenated alkanes) is 2. The average Bonchev–Trinajstić information content (AvgIpc) is 2.86. The lowest BCUT2D eigenvalue weighted by Gasteiger charge is -2.34. The summed E-state index contributed by atoms with van der Waals surface area (Å²) in [6, 6.07) is 0.799. The third-order valence-electron chi connectivity index (χ3n) is 3.67. The second-order valence-corrected chi connectivity index (χ2v) is 5.42. The molecule has 0 aliphatic heterocycles. The van der Waals surface area contributed by atoms with E-state index < -0.39 is 0 Å². The monoisotopic (exact) mass is 266 g/mol. The number of hydrogen-bond acceptors (Lipinski definition) is 3. The van der Waals surface area contributed by atoms with Crippen LogP contribution in [0.1, 0.15) is 58.6 Å². The third kappa shape index (κ3) is 4.62. The molecule has 19 heavy (non-hydrogen) atoms. The smallest absolute Gasteiger partial charge is 0.0538 e. The quantitative estimate of drug-likeness (QED) is 0.699. The van der Waals surface area contributed by atoms with Crippen LogP contribution >= 0.6 is 0 Å². The number of aromatic nitrogens is 2. The molecule has 0 radical (unpaired) electrons. The van der Waals surface area contributed by atoms with Crippen LogP contribution in [-0.4, -0.2) is 33.8 Å². The van der Waals surface area contributed by atoms with Crippen LogP contribution in [0.3, 0.4) is 0 Å². The Balaban J connectivity index is 2.77. The van der Waals surface area contributed by atoms with Crippen LogP contribution in [0.5, 0.6) is 0 Å². The number of aryl methyl sites for hydroxylation is 1. The first-order valence-corrected chi connectivity index (χ1v) is 7.62. The first-order chi connectivity index (χ1) is 9.13. The van der Waals surface area contributed by atoms with E-state index in [0.29, 0.717) is 12.6 Å². The van der Waals surface area contributed by atoms with Crippen molar-refractivity contribution in [3.05, 3.63) is 18.0 Å². The molecule has 0 spiro atoms. The maximum absolute atomic E-state index is 6.02. The number of nitrogens with zero attached hydrogens (tertiary/aromatic N) is 3. The van der Waals surface area contributed by atoms with Crippen LogP contribution in [0.15, 0.2) is 12.4 Å². The summed E-state index contributed by atoms with van der Waals surface area (Å²) in [5, 5.41) is 4.38. The summed E-state index contributed by atoms with van der Waals surface area (Å²) in [5.74, 6) is 0. The molecule has 1 heterocycles. The molecular weight excluding hydrogens is 236 g/mol. The lowest BCUT2D eigenvalue weighted by molar-refractivity contribution is 0.154. The van der Waals surface area contributed by atoms with Gasteiger partial charge >= 0.3 is 0 Å². The standard InChI is InChI=1S/C15H30N4/c1-5-7-8-9-19(13(3)4)15(10-16)14-11-17-18(6-2)12-14/h11-13,15H,5-10,16H2,1-4H3. The van der Waals surface area contributed by atoms with Crippen molar-refractivity contribution in [3.63, 3.8) is 0 Å². The highest BCUT2D eigenvalue weighted by Crippen LogP contribution is 2.22. The van der Waals surface area contributed by atoms with Gasteiger partial charge in [-0.1, -0.05) is 19.8 Å². The fourth-order valence-electron chi connectivity index (χ4n) is 2.51. The maximum Gasteiger partial charge on any atom is 0.0538 e. The molecule has 0 fully saturated rings. The predicted molar refractivity (Wildman–Crippen MR) is 81.1 cm³/mol. The summed E-state index contributed by atoms with van der Waals surface area (Å²) >= 11 is 0. The van der Waals surface area contributed by atoms with E-state index in [1.54, 1.807) is 0 Å². The first kappa shape index (κ1) is 16.2. The molecule has 0 aromatic carbocycles. The second kappa shape index (κ2) is 8.33. The minimum atomic E-state index is 0.289. The fourth-order valence-corrected chi connectivity index (χ4v) is 2.51. The van der Waals surface area contributed by atoms with Gasteiger partial charge in [-0.2, -0.15) is 5.10 Å². The van der Waals surface area contributed by atoms with Gasteiger partial charge in [0.05, 0.1) is 12.2 Å². The first-order valence-electron chi connectivity index (χ1n) is 7.62. The molecule has 1 aromatic heterocycles. The summed E-state index contributed by atoms with van der Waals surface area (Å²) < 4.78 is 1.97. The molecule has 1 aromatic rings. The molecule has 110 valence electrons. The fraction of sp³-hybridized carbons (Fsp3) is 0.800. The Morgan fingerprint density at radius 2 is 2.05 bits per heavy atom. The van der Waals surface area contributed by atoms with Gasteiger partial charge in [0.2, 0.25) is 0 Å². The van der Waals surface area contributed by atoms with Crippen LogP contribution in [0.4, 0.5) is 0 Å². The highest BCUT2D eigenvalue weighted by molar-refractivity contribution is 5.11. The Hall–Kier alpha value is -0.870. The molecule has 1 unspecified atom stereocenters. The molecule has 1 rings (SSSR count). The zero-order valence-electron chi connectivity index (χ0n) is 13.0. The normalized spacial score (nSPS) is 13.4. The summed E-state index contributed by atoms with van der Waals surface area (Å²) in [6.45, 7) is 11.5. The minimum absolute atomic E-state index is 0.289. The van der Waals surface area contributed by atoms with Crippen LogP contribution in [0, 0.1) is 0 Å². The van der Waals surface area contributed by atoms with Gasteiger partial charge in [0.1, 0.15) is 0 Å². The molecule has 0 saturated carbocycles. The lowest BCUT2D eigenvalue weighted by atomic mass is 10.1. The van der Waals surface area contributed by atoms with Crippen molar-refractivity contribution in [1.29, 1.82) is 0 Å². The predicted octanol–water partition coefficient (Wildman–Crippen LogP) is 2.80. The largest absolute Gasteiger partial charge is 0.329 e. The Bertz CT molecular complexity index is 346. The van der Waals surface area contributed by atoms with E-state index in [1.807, 2.05) is 10.9 Å². The van der Waals surface area contributed by atoms with Crippen molar-refractivity contribution in [2.45, 2.75) is 65.6 Å². The zero-order chi connectivity index (χ0) is 14.3. The Morgan fingerprint density at radius 1 is 1.32 bits per heavy atom. The molecule has 1 atom stereocenters. The lowest BCUT2D eigenvalue weighted by Crippen LogP contribution is -2.39. The molecule has 2 N–H and O–H groups in total. The molecule has 4 heteroatoms. The van der Waals surface area contributed by atoms with Crippen LogP contribution < -0.4 is 5.73 Å². The van der Waals surface area contributed by atoms with Crippen LogP contribution in [0.25, 0.3) is 0 Å². The maximum atomic E-state index is 6.02. The number of rotatable bonds is 9. The molecule has 0 aliphatic rings. The van der Waals surface area contributed by atoms with E-state index in [1.165, 1.54) is 24.8 Å². The molecule has 4 nitrogen and oxygen atoms in total. The zero-order valence-corrected chi connectivity index (χ0v) is 13.0. The van der Waals surface area contributed by atoms with Gasteiger partial charge in [0.25, 0.3) is 0 Å². The van der Waals surface area contributed by atoms with Crippen molar-refractivity contribution in [1.82, 2.24) is 14.7 Å². The van der Waals surface area contributed by atoms with Gasteiger partial charge in [-0.15, -0.1) is 0 Å². The van der Waals surface area contributed by atoms with Crippen molar-refractivity contribution >= 4 is 0 Å². The average molecular weight is 266 g/mol. The minimum Gasteiger partial charge on any atom is -0.329 e. The van der Waals surface area contributed by atoms with Gasteiger partial charge in [0, 0.05) is 30.9 Å². The summed E-state index contributed by atoms with van der Waals surface area (Å²) in [5.41, 5.74) is 7.26. The topological polar surface area (TPSA) is 47.1 Å². The van der Waals surface area contributed by atoms with Crippen molar-refractivity contribution < 1.29 is 0 Å². The Morgan fingerprint density at radius 3 is 2.53 bits per heavy atom. The van der Waals surface area contributed by atoms with E-state index >= 15 is 0 Å². The molecule has 0 saturated heterocycles. The summed E-state index contributed by atoms with van der Waals surface area (Å²) in [6.07, 6.45) is 7.89. The highest BCUT2D eigenvalue weighted by atomic mass is 15.3. The molecular formula is C15H30N4. The second-order valence-electron chi connectivity index (χ2n) is 5.42. The molecule has 0 amide bonds. The number of hydrogen-bond donors (Lipinski definition) is 1. The van der Waals surface area contributed by atoms with E-state index in [9.17, 15) is 0 Å². The van der Waals surface area contributed by atoms with Crippen molar-refractivity contribution in [2.75, 3.05) is 13.1 Å². The van der Waals surface area contributed by atoms with Gasteiger partial charge in [0.15, 0.2) is 0 Å². The van der Waals surface area contributed by atoms with Crippen LogP contribution in [-0.2, 0) is 6.54 Å². The van der Waals surface area contributed by atoms with Gasteiger partial charge < -0.3 is 5.73 Å². The van der Waals surface area contributed by atoms with E-state index in [0.717, 1.165) is 13.1 Å². The van der Waals surface area contributed by atoms with E-state index in [-0.39, 0.29) is 6.04 Å². The van der Waals surface area contributed by atoms with Gasteiger partial charge in [-0.25, -0.2) is 0 Å². The summed E-state index contributed by atoms with van der Waals surface area (Å²) in [7, 11) is 0. The summed E-state index contributed by atoms with van der Waals surface area (Å²) in [4.78, 5) is 2.51. The van der Waals surface area contributed by atoms with Crippen LogP contribution in [0.2, 0.25) is 0 Å². The van der Waals surface area contributed by atoms with E-state index in [2.05, 4.69) is 43.9 Å². The number of nitrogens with two attached hydrogens (primary N) is 1. The van der Waals surface area contributed by atoms with Crippen molar-refractivity contribution in [2.24, 2.45) is 5.73 Å². The highest BCUT2D eigenvalue weighted by Gasteiger charge is 2.22. The third-order valence-corrected chi connectivity index (χ3v) is 3.67. The SMILES string of the molecule is CCCCCN(C(C)C)C(CN)c1cnn(CC)c1. The molecule has 0 bridgehead atoms. The van der Waals surface area contributed by atoms with Gasteiger partial charge in [-0.05, 0) is 33.7 Å². The Kier molecular flexibility index (Phi) is 7.10. The molecule has 0 aliphatic carbocycles. The Labute approximate surface area is 118 Å².